The van der Waals surface area contributed by atoms with Gasteiger partial charge in [0, 0.05) is 13.5 Å². The van der Waals surface area contributed by atoms with Crippen LogP contribution in [0.4, 0.5) is 0 Å². The number of amides is 2. The Morgan fingerprint density at radius 3 is 2.72 bits per heavy atom. The van der Waals surface area contributed by atoms with E-state index < -0.39 is 0 Å². The van der Waals surface area contributed by atoms with Crippen LogP contribution in [0.25, 0.3) is 0 Å². The summed E-state index contributed by atoms with van der Waals surface area (Å²) in [6, 6.07) is -0.164. The van der Waals surface area contributed by atoms with Crippen LogP contribution < -0.4 is 5.32 Å². The minimum atomic E-state index is -0.164. The molecule has 1 saturated heterocycles. The SMILES string of the molecule is CCCCC(CC)CNC1CCC(=O)N(C)C1=O. The van der Waals surface area contributed by atoms with Gasteiger partial charge in [0.05, 0.1) is 6.04 Å². The summed E-state index contributed by atoms with van der Waals surface area (Å²) >= 11 is 0. The largest absolute Gasteiger partial charge is 0.306 e. The second kappa shape index (κ2) is 7.52. The van der Waals surface area contributed by atoms with Crippen LogP contribution in [0, 0.1) is 5.92 Å². The van der Waals surface area contributed by atoms with E-state index in [0.29, 0.717) is 18.8 Å². The predicted molar refractivity (Wildman–Crippen MR) is 72.1 cm³/mol. The van der Waals surface area contributed by atoms with Gasteiger partial charge in [0.25, 0.3) is 0 Å². The predicted octanol–water partition coefficient (Wildman–Crippen LogP) is 1.94. The topological polar surface area (TPSA) is 49.4 Å². The van der Waals surface area contributed by atoms with Crippen molar-refractivity contribution in [3.05, 3.63) is 0 Å². The molecular formula is C14H26N2O2. The first-order chi connectivity index (χ1) is 8.60. The molecule has 18 heavy (non-hydrogen) atoms. The Bertz CT molecular complexity index is 292. The highest BCUT2D eigenvalue weighted by Gasteiger charge is 2.31. The molecule has 0 bridgehead atoms. The van der Waals surface area contributed by atoms with E-state index in [9.17, 15) is 9.59 Å². The first-order valence-corrected chi connectivity index (χ1v) is 7.13. The van der Waals surface area contributed by atoms with Crippen LogP contribution in [0.3, 0.4) is 0 Å². The molecule has 1 heterocycles. The van der Waals surface area contributed by atoms with Crippen LogP contribution in [0.1, 0.15) is 52.4 Å². The fraction of sp³-hybridized carbons (Fsp3) is 0.857. The van der Waals surface area contributed by atoms with E-state index in [1.165, 1.54) is 24.2 Å². The fourth-order valence-electron chi connectivity index (χ4n) is 2.36. The molecule has 0 aromatic heterocycles. The average molecular weight is 254 g/mol. The lowest BCUT2D eigenvalue weighted by molar-refractivity contribution is -0.148. The molecule has 0 aliphatic carbocycles. The summed E-state index contributed by atoms with van der Waals surface area (Å²) in [5, 5.41) is 3.34. The van der Waals surface area contributed by atoms with Gasteiger partial charge in [0.15, 0.2) is 0 Å². The van der Waals surface area contributed by atoms with E-state index >= 15 is 0 Å². The molecule has 2 unspecified atom stereocenters. The number of nitrogens with zero attached hydrogens (tertiary/aromatic N) is 1. The molecule has 1 fully saturated rings. The molecule has 1 aliphatic heterocycles. The quantitative estimate of drug-likeness (QED) is 0.706. The van der Waals surface area contributed by atoms with E-state index in [2.05, 4.69) is 19.2 Å². The van der Waals surface area contributed by atoms with Crippen molar-refractivity contribution in [2.45, 2.75) is 58.4 Å². The van der Waals surface area contributed by atoms with E-state index in [4.69, 9.17) is 0 Å². The van der Waals surface area contributed by atoms with Gasteiger partial charge in [0.2, 0.25) is 11.8 Å². The Labute approximate surface area is 110 Å². The number of likely N-dealkylation sites (tertiary alicyclic amines) is 1. The Hall–Kier alpha value is -0.900. The third-order valence-electron chi connectivity index (χ3n) is 3.85. The molecule has 104 valence electrons. The summed E-state index contributed by atoms with van der Waals surface area (Å²) < 4.78 is 0. The van der Waals surface area contributed by atoms with Gasteiger partial charge in [-0.15, -0.1) is 0 Å². The molecule has 1 rings (SSSR count). The number of hydrogen-bond donors (Lipinski definition) is 1. The molecular weight excluding hydrogens is 228 g/mol. The molecule has 1 N–H and O–H groups in total. The molecule has 0 aromatic rings. The number of imide groups is 1. The lowest BCUT2D eigenvalue weighted by atomic mass is 9.98. The van der Waals surface area contributed by atoms with Gasteiger partial charge in [0.1, 0.15) is 0 Å². The van der Waals surface area contributed by atoms with Crippen LogP contribution in [0.2, 0.25) is 0 Å². The summed E-state index contributed by atoms with van der Waals surface area (Å²) in [5.41, 5.74) is 0. The van der Waals surface area contributed by atoms with Gasteiger partial charge >= 0.3 is 0 Å². The number of nitrogens with one attached hydrogen (secondary N) is 1. The van der Waals surface area contributed by atoms with E-state index in [-0.39, 0.29) is 17.9 Å². The highest BCUT2D eigenvalue weighted by Crippen LogP contribution is 2.15. The Morgan fingerprint density at radius 1 is 1.39 bits per heavy atom. The molecule has 4 nitrogen and oxygen atoms in total. The minimum Gasteiger partial charge on any atom is -0.306 e. The number of likely N-dealkylation sites (N-methyl/N-ethyl adjacent to an activating group) is 1. The smallest absolute Gasteiger partial charge is 0.246 e. The van der Waals surface area contributed by atoms with Crippen molar-refractivity contribution in [3.8, 4) is 0 Å². The summed E-state index contributed by atoms with van der Waals surface area (Å²) in [6.45, 7) is 5.28. The van der Waals surface area contributed by atoms with Crippen molar-refractivity contribution in [2.24, 2.45) is 5.92 Å². The third-order valence-corrected chi connectivity index (χ3v) is 3.85. The molecule has 0 spiro atoms. The Balaban J connectivity index is 2.38. The average Bonchev–Trinajstić information content (AvgIpc) is 2.38. The highest BCUT2D eigenvalue weighted by atomic mass is 16.2. The van der Waals surface area contributed by atoms with E-state index in [1.54, 1.807) is 7.05 Å². The summed E-state index contributed by atoms with van der Waals surface area (Å²) in [5.74, 6) is 0.508. The maximum atomic E-state index is 11.9. The summed E-state index contributed by atoms with van der Waals surface area (Å²) in [7, 11) is 1.58. The maximum absolute atomic E-state index is 11.9. The maximum Gasteiger partial charge on any atom is 0.246 e. The number of rotatable bonds is 7. The fourth-order valence-corrected chi connectivity index (χ4v) is 2.36. The number of hydrogen-bond acceptors (Lipinski definition) is 3. The zero-order valence-corrected chi connectivity index (χ0v) is 11.9. The van der Waals surface area contributed by atoms with Gasteiger partial charge in [-0.3, -0.25) is 14.5 Å². The monoisotopic (exact) mass is 254 g/mol. The second-order valence-electron chi connectivity index (χ2n) is 5.21. The van der Waals surface area contributed by atoms with Gasteiger partial charge in [-0.25, -0.2) is 0 Å². The molecule has 2 atom stereocenters. The number of carbonyl (C=O) groups is 2. The lowest BCUT2D eigenvalue weighted by Gasteiger charge is -2.29. The van der Waals surface area contributed by atoms with Crippen molar-refractivity contribution < 1.29 is 9.59 Å². The second-order valence-corrected chi connectivity index (χ2v) is 5.21. The number of carbonyl (C=O) groups excluding carboxylic acids is 2. The van der Waals surface area contributed by atoms with Crippen molar-refractivity contribution in [3.63, 3.8) is 0 Å². The van der Waals surface area contributed by atoms with Crippen molar-refractivity contribution in [1.29, 1.82) is 0 Å². The number of piperidine rings is 1. The van der Waals surface area contributed by atoms with Crippen LogP contribution in [-0.2, 0) is 9.59 Å². The van der Waals surface area contributed by atoms with E-state index in [1.807, 2.05) is 0 Å². The van der Waals surface area contributed by atoms with E-state index in [0.717, 1.165) is 13.0 Å². The van der Waals surface area contributed by atoms with Crippen molar-refractivity contribution in [2.75, 3.05) is 13.6 Å². The zero-order chi connectivity index (χ0) is 13.5. The van der Waals surface area contributed by atoms with Gasteiger partial charge in [-0.1, -0.05) is 33.1 Å². The zero-order valence-electron chi connectivity index (χ0n) is 11.9. The third kappa shape index (κ3) is 4.09. The summed E-state index contributed by atoms with van der Waals surface area (Å²) in [6.07, 6.45) is 5.95. The van der Waals surface area contributed by atoms with Crippen LogP contribution in [0.15, 0.2) is 0 Å². The first kappa shape index (κ1) is 15.2. The van der Waals surface area contributed by atoms with Gasteiger partial charge in [-0.2, -0.15) is 0 Å². The molecule has 4 heteroatoms. The first-order valence-electron chi connectivity index (χ1n) is 7.13. The Kier molecular flexibility index (Phi) is 6.33. The lowest BCUT2D eigenvalue weighted by Crippen LogP contribution is -2.52. The molecule has 1 aliphatic rings. The standard InChI is InChI=1S/C14H26N2O2/c1-4-6-7-11(5-2)10-15-12-8-9-13(17)16(3)14(12)18/h11-12,15H,4-10H2,1-3H3. The summed E-state index contributed by atoms with van der Waals surface area (Å²) in [4.78, 5) is 24.5. The normalized spacial score (nSPS) is 22.4. The molecule has 0 radical (unpaired) electrons. The van der Waals surface area contributed by atoms with Gasteiger partial charge in [-0.05, 0) is 25.3 Å². The van der Waals surface area contributed by atoms with Crippen molar-refractivity contribution >= 4 is 11.8 Å². The van der Waals surface area contributed by atoms with Gasteiger partial charge < -0.3 is 5.32 Å². The van der Waals surface area contributed by atoms with Crippen LogP contribution >= 0.6 is 0 Å². The number of unbranched alkanes of at least 4 members (excludes halogenated alkanes) is 1. The highest BCUT2D eigenvalue weighted by molar-refractivity contribution is 6.00. The molecule has 2 amide bonds. The van der Waals surface area contributed by atoms with Crippen LogP contribution in [0.5, 0.6) is 0 Å². The molecule has 0 saturated carbocycles. The minimum absolute atomic E-state index is 0.0592. The Morgan fingerprint density at radius 2 is 2.11 bits per heavy atom. The van der Waals surface area contributed by atoms with Crippen LogP contribution in [-0.4, -0.2) is 36.3 Å². The molecule has 0 aromatic carbocycles. The van der Waals surface area contributed by atoms with Crippen molar-refractivity contribution in [1.82, 2.24) is 10.2 Å².